The van der Waals surface area contributed by atoms with Crippen LogP contribution in [0.2, 0.25) is 0 Å². The fourth-order valence-electron chi connectivity index (χ4n) is 1.74. The second kappa shape index (κ2) is 5.62. The molecule has 1 aliphatic heterocycles. The highest BCUT2D eigenvalue weighted by molar-refractivity contribution is 5.83. The summed E-state index contributed by atoms with van der Waals surface area (Å²) in [5.74, 6) is -1.62. The van der Waals surface area contributed by atoms with Crippen LogP contribution in [0.4, 0.5) is 0 Å². The van der Waals surface area contributed by atoms with Gasteiger partial charge in [0.1, 0.15) is 6.04 Å². The van der Waals surface area contributed by atoms with Crippen molar-refractivity contribution in [3.8, 4) is 0 Å². The minimum absolute atomic E-state index is 0.122. The van der Waals surface area contributed by atoms with Gasteiger partial charge in [-0.05, 0) is 6.92 Å². The van der Waals surface area contributed by atoms with Gasteiger partial charge < -0.3 is 15.7 Å². The fraction of sp³-hybridized carbons (Fsp3) is 0.700. The van der Waals surface area contributed by atoms with Gasteiger partial charge in [-0.2, -0.15) is 0 Å². The van der Waals surface area contributed by atoms with Crippen molar-refractivity contribution in [3.63, 3.8) is 0 Å². The van der Waals surface area contributed by atoms with Gasteiger partial charge in [-0.1, -0.05) is 0 Å². The Kier molecular flexibility index (Phi) is 4.45. The highest BCUT2D eigenvalue weighted by atomic mass is 16.4. The lowest BCUT2D eigenvalue weighted by molar-refractivity contribution is -0.143. The second-order valence-corrected chi connectivity index (χ2v) is 4.05. The molecule has 0 aromatic rings. The fourth-order valence-corrected chi connectivity index (χ4v) is 1.74. The zero-order valence-electron chi connectivity index (χ0n) is 9.90. The maximum absolute atomic E-state index is 11.4. The summed E-state index contributed by atoms with van der Waals surface area (Å²) in [5, 5.41) is 14.0. The Morgan fingerprint density at radius 1 is 1.65 bits per heavy atom. The van der Waals surface area contributed by atoms with Gasteiger partial charge in [0.25, 0.3) is 0 Å². The molecule has 0 spiro atoms. The van der Waals surface area contributed by atoms with Crippen LogP contribution < -0.4 is 10.6 Å². The Balaban J connectivity index is 2.62. The smallest absolute Gasteiger partial charge is 0.327 e. The third-order valence-corrected chi connectivity index (χ3v) is 2.72. The number of piperazine rings is 1. The number of nitrogens with one attached hydrogen (secondary N) is 2. The summed E-state index contributed by atoms with van der Waals surface area (Å²) < 4.78 is 0. The number of rotatable bonds is 4. The topological polar surface area (TPSA) is 98.7 Å². The monoisotopic (exact) mass is 243 g/mol. The van der Waals surface area contributed by atoms with Crippen LogP contribution in [0.25, 0.3) is 0 Å². The number of carbonyl (C=O) groups is 3. The molecule has 7 nitrogen and oxygen atoms in total. The zero-order valence-corrected chi connectivity index (χ0v) is 9.90. The van der Waals surface area contributed by atoms with Crippen molar-refractivity contribution in [2.24, 2.45) is 0 Å². The Labute approximate surface area is 99.2 Å². The normalized spacial score (nSPS) is 22.7. The maximum atomic E-state index is 11.4. The summed E-state index contributed by atoms with van der Waals surface area (Å²) in [6, 6.07) is -1.36. The molecule has 96 valence electrons. The molecule has 0 saturated carbocycles. The first kappa shape index (κ1) is 13.4. The van der Waals surface area contributed by atoms with Crippen molar-refractivity contribution in [1.29, 1.82) is 0 Å². The number of nitrogens with zero attached hydrogens (tertiary/aromatic N) is 1. The van der Waals surface area contributed by atoms with E-state index >= 15 is 0 Å². The summed E-state index contributed by atoms with van der Waals surface area (Å²) in [5.41, 5.74) is 0. The highest BCUT2D eigenvalue weighted by Crippen LogP contribution is 2.05. The SMILES string of the molecule is CC(=O)NC(CN1CCNC(=O)C1C)C(=O)O. The largest absolute Gasteiger partial charge is 0.480 e. The molecule has 2 unspecified atom stereocenters. The average molecular weight is 243 g/mol. The molecular formula is C10H17N3O4. The van der Waals surface area contributed by atoms with Crippen LogP contribution in [0, 0.1) is 0 Å². The van der Waals surface area contributed by atoms with Gasteiger partial charge in [0.2, 0.25) is 11.8 Å². The molecule has 0 bridgehead atoms. The van der Waals surface area contributed by atoms with Gasteiger partial charge >= 0.3 is 5.97 Å². The first-order chi connectivity index (χ1) is 7.91. The number of carboxylic acids is 1. The Morgan fingerprint density at radius 3 is 2.82 bits per heavy atom. The van der Waals surface area contributed by atoms with Crippen molar-refractivity contribution >= 4 is 17.8 Å². The minimum atomic E-state index is -1.10. The average Bonchev–Trinajstić information content (AvgIpc) is 2.22. The van der Waals surface area contributed by atoms with Crippen molar-refractivity contribution in [1.82, 2.24) is 15.5 Å². The van der Waals surface area contributed by atoms with Crippen molar-refractivity contribution in [2.45, 2.75) is 25.9 Å². The molecule has 1 fully saturated rings. The molecule has 1 aliphatic rings. The molecule has 2 amide bonds. The summed E-state index contributed by atoms with van der Waals surface area (Å²) in [6.45, 7) is 4.18. The van der Waals surface area contributed by atoms with Crippen LogP contribution >= 0.6 is 0 Å². The number of amides is 2. The number of carboxylic acid groups (broad SMARTS) is 1. The standard InChI is InChI=1S/C10H17N3O4/c1-6-9(15)11-3-4-13(6)5-8(10(16)17)12-7(2)14/h6,8H,3-5H2,1-2H3,(H,11,15)(H,12,14)(H,16,17). The predicted molar refractivity (Wildman–Crippen MR) is 59.3 cm³/mol. The molecule has 0 aromatic carbocycles. The summed E-state index contributed by atoms with van der Waals surface area (Å²) >= 11 is 0. The predicted octanol–water partition coefficient (Wildman–Crippen LogP) is -1.60. The Hall–Kier alpha value is -1.63. The van der Waals surface area contributed by atoms with Gasteiger partial charge in [-0.15, -0.1) is 0 Å². The molecule has 3 N–H and O–H groups in total. The van der Waals surface area contributed by atoms with E-state index in [0.29, 0.717) is 13.1 Å². The van der Waals surface area contributed by atoms with Crippen LogP contribution in [0.1, 0.15) is 13.8 Å². The van der Waals surface area contributed by atoms with Crippen molar-refractivity contribution < 1.29 is 19.5 Å². The quantitative estimate of drug-likeness (QED) is 0.552. The van der Waals surface area contributed by atoms with Gasteiger partial charge in [-0.25, -0.2) is 4.79 Å². The van der Waals surface area contributed by atoms with Crippen LogP contribution in [0.5, 0.6) is 0 Å². The Bertz CT molecular complexity index is 332. The molecule has 1 rings (SSSR count). The molecule has 7 heteroatoms. The van der Waals surface area contributed by atoms with Crippen molar-refractivity contribution in [2.75, 3.05) is 19.6 Å². The van der Waals surface area contributed by atoms with Gasteiger partial charge in [0.05, 0.1) is 6.04 Å². The van der Waals surface area contributed by atoms with Gasteiger partial charge in [0, 0.05) is 26.6 Å². The molecule has 2 atom stereocenters. The molecule has 17 heavy (non-hydrogen) atoms. The van der Waals surface area contributed by atoms with Crippen LogP contribution in [-0.4, -0.2) is 59.5 Å². The lowest BCUT2D eigenvalue weighted by atomic mass is 10.1. The second-order valence-electron chi connectivity index (χ2n) is 4.05. The lowest BCUT2D eigenvalue weighted by Crippen LogP contribution is -2.58. The van der Waals surface area contributed by atoms with Crippen LogP contribution in [-0.2, 0) is 14.4 Å². The molecule has 1 heterocycles. The van der Waals surface area contributed by atoms with E-state index in [-0.39, 0.29) is 18.5 Å². The first-order valence-electron chi connectivity index (χ1n) is 5.43. The van der Waals surface area contributed by atoms with E-state index in [4.69, 9.17) is 5.11 Å². The summed E-state index contributed by atoms with van der Waals surface area (Å²) in [7, 11) is 0. The molecule has 0 radical (unpaired) electrons. The number of hydrogen-bond donors (Lipinski definition) is 3. The highest BCUT2D eigenvalue weighted by Gasteiger charge is 2.30. The molecule has 0 aromatic heterocycles. The third kappa shape index (κ3) is 3.70. The van der Waals surface area contributed by atoms with E-state index in [1.165, 1.54) is 6.92 Å². The van der Waals surface area contributed by atoms with Crippen LogP contribution in [0.3, 0.4) is 0 Å². The first-order valence-corrected chi connectivity index (χ1v) is 5.43. The molecular weight excluding hydrogens is 226 g/mol. The van der Waals surface area contributed by atoms with E-state index in [1.54, 1.807) is 11.8 Å². The number of carbonyl (C=O) groups excluding carboxylic acids is 2. The zero-order chi connectivity index (χ0) is 13.0. The number of aliphatic carboxylic acids is 1. The third-order valence-electron chi connectivity index (χ3n) is 2.72. The minimum Gasteiger partial charge on any atom is -0.480 e. The van der Waals surface area contributed by atoms with E-state index < -0.39 is 17.9 Å². The van der Waals surface area contributed by atoms with Gasteiger partial charge in [0.15, 0.2) is 0 Å². The van der Waals surface area contributed by atoms with E-state index in [9.17, 15) is 14.4 Å². The van der Waals surface area contributed by atoms with Gasteiger partial charge in [-0.3, -0.25) is 14.5 Å². The summed E-state index contributed by atoms with van der Waals surface area (Å²) in [4.78, 5) is 35.0. The van der Waals surface area contributed by atoms with E-state index in [0.717, 1.165) is 0 Å². The molecule has 0 aliphatic carbocycles. The maximum Gasteiger partial charge on any atom is 0.327 e. The number of hydrogen-bond acceptors (Lipinski definition) is 4. The van der Waals surface area contributed by atoms with Crippen molar-refractivity contribution in [3.05, 3.63) is 0 Å². The van der Waals surface area contributed by atoms with E-state index in [2.05, 4.69) is 10.6 Å². The Morgan fingerprint density at radius 2 is 2.29 bits per heavy atom. The van der Waals surface area contributed by atoms with E-state index in [1.807, 2.05) is 0 Å². The molecule has 1 saturated heterocycles. The lowest BCUT2D eigenvalue weighted by Gasteiger charge is -2.34. The van der Waals surface area contributed by atoms with Crippen LogP contribution in [0.15, 0.2) is 0 Å². The summed E-state index contributed by atoms with van der Waals surface area (Å²) in [6.07, 6.45) is 0.